The first-order valence-corrected chi connectivity index (χ1v) is 8.71. The van der Waals surface area contributed by atoms with Gasteiger partial charge in [0.15, 0.2) is 6.04 Å². The zero-order chi connectivity index (χ0) is 20.1. The third kappa shape index (κ3) is 4.63. The number of carboxylic acid groups (broad SMARTS) is 1. The molecule has 1 atom stereocenters. The van der Waals surface area contributed by atoms with Crippen molar-refractivity contribution in [1.82, 2.24) is 14.9 Å². The molecule has 3 rings (SSSR count). The monoisotopic (exact) mass is 397 g/mol. The van der Waals surface area contributed by atoms with Crippen molar-refractivity contribution in [3.63, 3.8) is 0 Å². The number of nitrogens with one attached hydrogen (secondary N) is 1. The maximum Gasteiger partial charge on any atom is 0.330 e. The van der Waals surface area contributed by atoms with E-state index in [0.29, 0.717) is 16.3 Å². The zero-order valence-electron chi connectivity index (χ0n) is 14.6. The summed E-state index contributed by atoms with van der Waals surface area (Å²) < 4.78 is 1.18. The molecule has 1 heterocycles. The topological polar surface area (TPSA) is 101 Å². The Kier molecular flexibility index (Phi) is 5.86. The molecule has 7 nitrogen and oxygen atoms in total. The van der Waals surface area contributed by atoms with Crippen LogP contribution in [0, 0.1) is 0 Å². The first-order chi connectivity index (χ1) is 13.4. The summed E-state index contributed by atoms with van der Waals surface area (Å²) in [7, 11) is 0. The summed E-state index contributed by atoms with van der Waals surface area (Å²) in [5.41, 5.74) is 1.18. The van der Waals surface area contributed by atoms with E-state index in [2.05, 4.69) is 10.3 Å². The van der Waals surface area contributed by atoms with Crippen LogP contribution in [0.5, 0.6) is 0 Å². The molecular weight excluding hydrogens is 382 g/mol. The molecule has 2 aromatic carbocycles. The van der Waals surface area contributed by atoms with Crippen molar-refractivity contribution in [3.8, 4) is 11.3 Å². The predicted molar refractivity (Wildman–Crippen MR) is 104 cm³/mol. The molecule has 1 unspecified atom stereocenters. The number of hydrogen-bond donors (Lipinski definition) is 2. The van der Waals surface area contributed by atoms with Crippen molar-refractivity contribution in [3.05, 3.63) is 87.9 Å². The first kappa shape index (κ1) is 19.3. The Hall–Kier alpha value is -3.45. The molecule has 3 aromatic rings. The van der Waals surface area contributed by atoms with Crippen LogP contribution in [0.25, 0.3) is 11.3 Å². The van der Waals surface area contributed by atoms with E-state index in [0.717, 1.165) is 11.8 Å². The third-order valence-corrected chi connectivity index (χ3v) is 4.27. The Balaban J connectivity index is 1.79. The van der Waals surface area contributed by atoms with E-state index in [9.17, 15) is 19.5 Å². The summed E-state index contributed by atoms with van der Waals surface area (Å²) in [5, 5.41) is 12.4. The highest BCUT2D eigenvalue weighted by molar-refractivity contribution is 6.30. The Morgan fingerprint density at radius 3 is 2.43 bits per heavy atom. The van der Waals surface area contributed by atoms with E-state index in [-0.39, 0.29) is 6.54 Å². The summed E-state index contributed by atoms with van der Waals surface area (Å²) in [5.74, 6) is -1.80. The SMILES string of the molecule is O=C(Cn1cc(-c2ccc(Cl)cc2)ncc1=O)NC(C(=O)O)c1ccccc1. The highest BCUT2D eigenvalue weighted by Crippen LogP contribution is 2.18. The average Bonchev–Trinajstić information content (AvgIpc) is 2.69. The van der Waals surface area contributed by atoms with E-state index in [4.69, 9.17) is 11.6 Å². The molecule has 8 heteroatoms. The highest BCUT2D eigenvalue weighted by atomic mass is 35.5. The lowest BCUT2D eigenvalue weighted by Gasteiger charge is -2.15. The number of aromatic nitrogens is 2. The minimum atomic E-state index is -1.21. The fraction of sp³-hybridized carbons (Fsp3) is 0.100. The molecule has 0 aliphatic rings. The first-order valence-electron chi connectivity index (χ1n) is 8.33. The van der Waals surface area contributed by atoms with Crippen molar-refractivity contribution >= 4 is 23.5 Å². The predicted octanol–water partition coefficient (Wildman–Crippen LogP) is 2.51. The van der Waals surface area contributed by atoms with Crippen LogP contribution in [-0.4, -0.2) is 26.5 Å². The van der Waals surface area contributed by atoms with Crippen LogP contribution < -0.4 is 10.9 Å². The maximum atomic E-state index is 12.4. The van der Waals surface area contributed by atoms with E-state index >= 15 is 0 Å². The van der Waals surface area contributed by atoms with Crippen LogP contribution in [0.15, 0.2) is 71.8 Å². The molecule has 0 spiro atoms. The number of nitrogens with zero attached hydrogens (tertiary/aromatic N) is 2. The number of carbonyl (C=O) groups excluding carboxylic acids is 1. The number of halogens is 1. The van der Waals surface area contributed by atoms with Crippen molar-refractivity contribution in [2.24, 2.45) is 0 Å². The molecule has 0 radical (unpaired) electrons. The minimum Gasteiger partial charge on any atom is -0.479 e. The number of carbonyl (C=O) groups is 2. The molecule has 0 bridgehead atoms. The van der Waals surface area contributed by atoms with Gasteiger partial charge in [-0.05, 0) is 17.7 Å². The number of carboxylic acids is 1. The van der Waals surface area contributed by atoms with Crippen molar-refractivity contribution in [1.29, 1.82) is 0 Å². The molecule has 0 aliphatic heterocycles. The summed E-state index contributed by atoms with van der Waals surface area (Å²) in [6, 6.07) is 14.0. The second-order valence-corrected chi connectivity index (χ2v) is 6.43. The maximum absolute atomic E-state index is 12.4. The number of amides is 1. The Morgan fingerprint density at radius 1 is 1.11 bits per heavy atom. The third-order valence-electron chi connectivity index (χ3n) is 4.01. The van der Waals surface area contributed by atoms with Crippen LogP contribution in [0.2, 0.25) is 5.02 Å². The lowest BCUT2D eigenvalue weighted by Crippen LogP contribution is -2.37. The highest BCUT2D eigenvalue weighted by Gasteiger charge is 2.22. The lowest BCUT2D eigenvalue weighted by molar-refractivity contribution is -0.142. The molecule has 0 fully saturated rings. The van der Waals surface area contributed by atoms with Crippen molar-refractivity contribution < 1.29 is 14.7 Å². The molecule has 0 saturated carbocycles. The Morgan fingerprint density at radius 2 is 1.79 bits per heavy atom. The summed E-state index contributed by atoms with van der Waals surface area (Å²) in [6.07, 6.45) is 2.56. The number of hydrogen-bond acceptors (Lipinski definition) is 4. The lowest BCUT2D eigenvalue weighted by atomic mass is 10.1. The largest absolute Gasteiger partial charge is 0.479 e. The second-order valence-electron chi connectivity index (χ2n) is 6.00. The van der Waals surface area contributed by atoms with Crippen LogP contribution in [-0.2, 0) is 16.1 Å². The van der Waals surface area contributed by atoms with Crippen molar-refractivity contribution in [2.45, 2.75) is 12.6 Å². The van der Waals surface area contributed by atoms with Gasteiger partial charge in [-0.2, -0.15) is 0 Å². The van der Waals surface area contributed by atoms with E-state index < -0.39 is 23.5 Å². The van der Waals surface area contributed by atoms with E-state index in [1.807, 2.05) is 0 Å². The van der Waals surface area contributed by atoms with Crippen LogP contribution in [0.4, 0.5) is 0 Å². The standard InChI is InChI=1S/C20H16ClN3O4/c21-15-8-6-13(7-9-15)16-11-24(18(26)10-22-16)12-17(25)23-19(20(27)28)14-4-2-1-3-5-14/h1-11,19H,12H2,(H,23,25)(H,27,28). The van der Waals surface area contributed by atoms with Gasteiger partial charge in [-0.25, -0.2) is 9.78 Å². The fourth-order valence-corrected chi connectivity index (χ4v) is 2.76. The van der Waals surface area contributed by atoms with Gasteiger partial charge in [-0.1, -0.05) is 54.1 Å². The molecular formula is C20H16ClN3O4. The molecule has 2 N–H and O–H groups in total. The van der Waals surface area contributed by atoms with Gasteiger partial charge >= 0.3 is 5.97 Å². The second kappa shape index (κ2) is 8.49. The smallest absolute Gasteiger partial charge is 0.330 e. The van der Waals surface area contributed by atoms with Crippen molar-refractivity contribution in [2.75, 3.05) is 0 Å². The van der Waals surface area contributed by atoms with Gasteiger partial charge in [0.2, 0.25) is 5.91 Å². The van der Waals surface area contributed by atoms with E-state index in [1.54, 1.807) is 54.6 Å². The molecule has 0 aliphatic carbocycles. The average molecular weight is 398 g/mol. The fourth-order valence-electron chi connectivity index (χ4n) is 2.63. The number of aliphatic carboxylic acids is 1. The summed E-state index contributed by atoms with van der Waals surface area (Å²) >= 11 is 5.87. The summed E-state index contributed by atoms with van der Waals surface area (Å²) in [4.78, 5) is 40.0. The van der Waals surface area contributed by atoms with Crippen LogP contribution in [0.1, 0.15) is 11.6 Å². The van der Waals surface area contributed by atoms with Gasteiger partial charge in [0, 0.05) is 16.8 Å². The number of rotatable bonds is 6. The van der Waals surface area contributed by atoms with E-state index in [1.165, 1.54) is 10.8 Å². The number of benzene rings is 2. The quantitative estimate of drug-likeness (QED) is 0.665. The van der Waals surface area contributed by atoms with Gasteiger partial charge in [0.25, 0.3) is 5.56 Å². The Bertz CT molecular complexity index is 1050. The van der Waals surface area contributed by atoms with Gasteiger partial charge < -0.3 is 15.0 Å². The van der Waals surface area contributed by atoms with Crippen LogP contribution in [0.3, 0.4) is 0 Å². The molecule has 0 saturated heterocycles. The van der Waals surface area contributed by atoms with Gasteiger partial charge in [0.1, 0.15) is 6.54 Å². The summed E-state index contributed by atoms with van der Waals surface area (Å²) in [6.45, 7) is -0.335. The molecule has 142 valence electrons. The normalized spacial score (nSPS) is 11.6. The molecule has 1 aromatic heterocycles. The van der Waals surface area contributed by atoms with Gasteiger partial charge in [0.05, 0.1) is 11.9 Å². The minimum absolute atomic E-state index is 0.335. The van der Waals surface area contributed by atoms with Gasteiger partial charge in [-0.3, -0.25) is 9.59 Å². The zero-order valence-corrected chi connectivity index (χ0v) is 15.3. The Labute approximate surface area is 165 Å². The molecule has 1 amide bonds. The van der Waals surface area contributed by atoms with Crippen LogP contribution >= 0.6 is 11.6 Å². The van der Waals surface area contributed by atoms with Gasteiger partial charge in [-0.15, -0.1) is 0 Å². The molecule has 28 heavy (non-hydrogen) atoms.